The monoisotopic (exact) mass is 436 g/mol. The van der Waals surface area contributed by atoms with Gasteiger partial charge in [-0.05, 0) is 57.2 Å². The number of guanidine groups is 1. The second-order valence-electron chi connectivity index (χ2n) is 8.31. The summed E-state index contributed by atoms with van der Waals surface area (Å²) < 4.78 is 5.66. The average molecular weight is 437 g/mol. The number of nitrogens with one attached hydrogen (secondary N) is 2. The molecule has 4 rings (SSSR count). The van der Waals surface area contributed by atoms with Crippen molar-refractivity contribution in [2.75, 3.05) is 31.5 Å². The maximum Gasteiger partial charge on any atom is 0.247 e. The topological polar surface area (TPSA) is 114 Å². The SMILES string of the molecule is Cc1cc2ccc(NC(=NC3CCCCN(CC(=O)N4CCCC4)C3=O)NC#N)cc2o1. The molecule has 32 heavy (non-hydrogen) atoms. The number of fused-ring (bicyclic) bond motifs is 1. The fraction of sp³-hybridized carbons (Fsp3) is 0.478. The van der Waals surface area contributed by atoms with Crippen LogP contribution in [0.4, 0.5) is 5.69 Å². The van der Waals surface area contributed by atoms with E-state index in [2.05, 4.69) is 15.6 Å². The van der Waals surface area contributed by atoms with Crippen molar-refractivity contribution in [3.8, 4) is 6.19 Å². The van der Waals surface area contributed by atoms with E-state index in [4.69, 9.17) is 4.42 Å². The first-order valence-corrected chi connectivity index (χ1v) is 11.1. The van der Waals surface area contributed by atoms with E-state index in [1.54, 1.807) is 4.90 Å². The highest BCUT2D eigenvalue weighted by Gasteiger charge is 2.30. The van der Waals surface area contributed by atoms with Crippen molar-refractivity contribution in [2.24, 2.45) is 4.99 Å². The van der Waals surface area contributed by atoms with Crippen LogP contribution in [0, 0.1) is 18.4 Å². The number of amides is 2. The standard InChI is InChI=1S/C23H28N6O3/c1-16-12-17-7-8-18(13-20(17)32-16)26-23(25-15-24)27-19-6-2-3-11-29(22(19)31)14-21(30)28-9-4-5-10-28/h7-8,12-13,19H,2-6,9-11,14H2,1H3,(H2,25,26,27). The van der Waals surface area contributed by atoms with E-state index in [0.717, 1.165) is 55.5 Å². The van der Waals surface area contributed by atoms with Gasteiger partial charge in [0.2, 0.25) is 17.8 Å². The van der Waals surface area contributed by atoms with Gasteiger partial charge in [0.05, 0.1) is 6.54 Å². The fourth-order valence-corrected chi connectivity index (χ4v) is 4.27. The smallest absolute Gasteiger partial charge is 0.247 e. The van der Waals surface area contributed by atoms with Gasteiger partial charge in [0.15, 0.2) is 6.19 Å². The van der Waals surface area contributed by atoms with Gasteiger partial charge in [0.1, 0.15) is 17.4 Å². The van der Waals surface area contributed by atoms with E-state index in [0.29, 0.717) is 18.7 Å². The molecule has 2 aromatic rings. The van der Waals surface area contributed by atoms with Crippen LogP contribution in [0.5, 0.6) is 0 Å². The summed E-state index contributed by atoms with van der Waals surface area (Å²) in [6.07, 6.45) is 6.14. The molecule has 0 spiro atoms. The predicted octanol–water partition coefficient (Wildman–Crippen LogP) is 2.58. The van der Waals surface area contributed by atoms with Gasteiger partial charge in [-0.3, -0.25) is 14.9 Å². The minimum Gasteiger partial charge on any atom is -0.461 e. The Kier molecular flexibility index (Phi) is 6.59. The Balaban J connectivity index is 1.49. The number of nitrogens with zero attached hydrogens (tertiary/aromatic N) is 4. The molecule has 3 heterocycles. The Morgan fingerprint density at radius 1 is 1.22 bits per heavy atom. The Morgan fingerprint density at radius 2 is 2.00 bits per heavy atom. The molecular weight excluding hydrogens is 408 g/mol. The van der Waals surface area contributed by atoms with E-state index in [1.165, 1.54) is 0 Å². The molecule has 1 aromatic carbocycles. The Labute approximate surface area is 187 Å². The summed E-state index contributed by atoms with van der Waals surface area (Å²) in [4.78, 5) is 33.7. The summed E-state index contributed by atoms with van der Waals surface area (Å²) in [5.74, 6) is 0.831. The first-order valence-electron chi connectivity index (χ1n) is 11.1. The van der Waals surface area contributed by atoms with Crippen LogP contribution in [-0.4, -0.2) is 59.8 Å². The third kappa shape index (κ3) is 5.02. The molecule has 1 aromatic heterocycles. The zero-order chi connectivity index (χ0) is 22.5. The van der Waals surface area contributed by atoms with Crippen LogP contribution in [0.1, 0.15) is 37.9 Å². The van der Waals surface area contributed by atoms with Crippen LogP contribution >= 0.6 is 0 Å². The molecular formula is C23H28N6O3. The van der Waals surface area contributed by atoms with Gasteiger partial charge in [0.25, 0.3) is 0 Å². The van der Waals surface area contributed by atoms with Crippen molar-refractivity contribution in [2.45, 2.75) is 45.1 Å². The van der Waals surface area contributed by atoms with Gasteiger partial charge in [-0.1, -0.05) is 0 Å². The number of likely N-dealkylation sites (tertiary alicyclic amines) is 2. The van der Waals surface area contributed by atoms with Gasteiger partial charge < -0.3 is 19.5 Å². The lowest BCUT2D eigenvalue weighted by atomic mass is 10.1. The molecule has 168 valence electrons. The van der Waals surface area contributed by atoms with Gasteiger partial charge in [-0.2, -0.15) is 5.26 Å². The van der Waals surface area contributed by atoms with Crippen molar-refractivity contribution in [1.29, 1.82) is 5.26 Å². The number of hydrogen-bond donors (Lipinski definition) is 2. The normalized spacial score (nSPS) is 19.7. The lowest BCUT2D eigenvalue weighted by molar-refractivity contribution is -0.140. The summed E-state index contributed by atoms with van der Waals surface area (Å²) >= 11 is 0. The third-order valence-corrected chi connectivity index (χ3v) is 5.90. The number of hydrogen-bond acceptors (Lipinski definition) is 5. The minimum atomic E-state index is -0.651. The number of carbonyl (C=O) groups excluding carboxylic acids is 2. The number of furan rings is 1. The number of aryl methyl sites for hydroxylation is 1. The van der Waals surface area contributed by atoms with E-state index in [9.17, 15) is 14.9 Å². The molecule has 9 heteroatoms. The van der Waals surface area contributed by atoms with Gasteiger partial charge in [0, 0.05) is 36.8 Å². The summed E-state index contributed by atoms with van der Waals surface area (Å²) in [6.45, 7) is 4.06. The van der Waals surface area contributed by atoms with Crippen LogP contribution in [0.25, 0.3) is 11.0 Å². The highest BCUT2D eigenvalue weighted by Crippen LogP contribution is 2.23. The largest absolute Gasteiger partial charge is 0.461 e. The molecule has 2 aliphatic heterocycles. The maximum absolute atomic E-state index is 13.2. The summed E-state index contributed by atoms with van der Waals surface area (Å²) in [7, 11) is 0. The molecule has 0 aliphatic carbocycles. The summed E-state index contributed by atoms with van der Waals surface area (Å²) in [5, 5.41) is 15.8. The quantitative estimate of drug-likeness (QED) is 0.330. The Hall–Kier alpha value is -3.54. The van der Waals surface area contributed by atoms with Crippen molar-refractivity contribution < 1.29 is 14.0 Å². The minimum absolute atomic E-state index is 0.00368. The van der Waals surface area contributed by atoms with Crippen molar-refractivity contribution >= 4 is 34.4 Å². The lowest BCUT2D eigenvalue weighted by Crippen LogP contribution is -2.45. The lowest BCUT2D eigenvalue weighted by Gasteiger charge is -2.25. The molecule has 2 fully saturated rings. The molecule has 2 N–H and O–H groups in total. The van der Waals surface area contributed by atoms with E-state index < -0.39 is 6.04 Å². The average Bonchev–Trinajstić information content (AvgIpc) is 3.39. The number of aliphatic imine (C=N–C) groups is 1. The summed E-state index contributed by atoms with van der Waals surface area (Å²) in [5.41, 5.74) is 1.41. The zero-order valence-electron chi connectivity index (χ0n) is 18.3. The second-order valence-corrected chi connectivity index (χ2v) is 8.31. The van der Waals surface area contributed by atoms with Crippen LogP contribution in [-0.2, 0) is 9.59 Å². The first-order chi connectivity index (χ1) is 15.5. The molecule has 1 unspecified atom stereocenters. The molecule has 1 atom stereocenters. The van der Waals surface area contributed by atoms with Gasteiger partial charge in [-0.15, -0.1) is 0 Å². The Bertz CT molecular complexity index is 1060. The van der Waals surface area contributed by atoms with E-state index in [-0.39, 0.29) is 24.3 Å². The van der Waals surface area contributed by atoms with Crippen LogP contribution in [0.3, 0.4) is 0 Å². The molecule has 0 radical (unpaired) electrons. The summed E-state index contributed by atoms with van der Waals surface area (Å²) in [6, 6.07) is 6.90. The molecule has 0 saturated carbocycles. The van der Waals surface area contributed by atoms with E-state index in [1.807, 2.05) is 42.3 Å². The van der Waals surface area contributed by atoms with Gasteiger partial charge in [-0.25, -0.2) is 4.99 Å². The third-order valence-electron chi connectivity index (χ3n) is 5.90. The highest BCUT2D eigenvalue weighted by atomic mass is 16.3. The molecule has 9 nitrogen and oxygen atoms in total. The number of benzene rings is 1. The van der Waals surface area contributed by atoms with Gasteiger partial charge >= 0.3 is 0 Å². The predicted molar refractivity (Wildman–Crippen MR) is 121 cm³/mol. The molecule has 2 saturated heterocycles. The fourth-order valence-electron chi connectivity index (χ4n) is 4.27. The van der Waals surface area contributed by atoms with Crippen molar-refractivity contribution in [1.82, 2.24) is 15.1 Å². The number of anilines is 1. The second kappa shape index (κ2) is 9.73. The highest BCUT2D eigenvalue weighted by molar-refractivity contribution is 5.98. The number of carbonyl (C=O) groups is 2. The van der Waals surface area contributed by atoms with Crippen molar-refractivity contribution in [3.63, 3.8) is 0 Å². The number of nitriles is 1. The molecule has 2 aliphatic rings. The van der Waals surface area contributed by atoms with E-state index >= 15 is 0 Å². The maximum atomic E-state index is 13.2. The Morgan fingerprint density at radius 3 is 2.78 bits per heavy atom. The first kappa shape index (κ1) is 21.7. The van der Waals surface area contributed by atoms with Crippen molar-refractivity contribution in [3.05, 3.63) is 30.0 Å². The molecule has 2 amide bonds. The number of rotatable bonds is 4. The van der Waals surface area contributed by atoms with Crippen LogP contribution < -0.4 is 10.6 Å². The zero-order valence-corrected chi connectivity index (χ0v) is 18.3. The molecule has 0 bridgehead atoms. The van der Waals surface area contributed by atoms with Crippen LogP contribution in [0.2, 0.25) is 0 Å². The van der Waals surface area contributed by atoms with Crippen LogP contribution in [0.15, 0.2) is 33.7 Å².